The molecule has 0 radical (unpaired) electrons. The molecule has 1 aliphatic carbocycles. The van der Waals surface area contributed by atoms with E-state index in [2.05, 4.69) is 0 Å². The first kappa shape index (κ1) is 16.9. The Bertz CT molecular complexity index is 335. The maximum Gasteiger partial charge on any atom is 0.326 e. The molecule has 0 aromatic rings. The van der Waals surface area contributed by atoms with E-state index >= 15 is 0 Å². The van der Waals surface area contributed by atoms with Gasteiger partial charge in [0.2, 0.25) is 0 Å². The van der Waals surface area contributed by atoms with Gasteiger partial charge < -0.3 is 19.3 Å². The quantitative estimate of drug-likeness (QED) is 0.571. The van der Waals surface area contributed by atoms with Crippen molar-refractivity contribution in [1.29, 1.82) is 0 Å². The van der Waals surface area contributed by atoms with Crippen LogP contribution in [0.3, 0.4) is 0 Å². The van der Waals surface area contributed by atoms with Gasteiger partial charge in [-0.3, -0.25) is 9.59 Å². The fourth-order valence-corrected chi connectivity index (χ4v) is 2.59. The second kappa shape index (κ2) is 7.59. The number of carboxylic acids is 1. The van der Waals surface area contributed by atoms with Crippen LogP contribution in [0.15, 0.2) is 0 Å². The van der Waals surface area contributed by atoms with Gasteiger partial charge in [-0.1, -0.05) is 12.8 Å². The van der Waals surface area contributed by atoms with Crippen LogP contribution < -0.4 is 0 Å². The van der Waals surface area contributed by atoms with Gasteiger partial charge in [-0.25, -0.2) is 0 Å². The molecule has 0 aromatic carbocycles. The summed E-state index contributed by atoms with van der Waals surface area (Å²) in [6.45, 7) is 5.72. The lowest BCUT2D eigenvalue weighted by Gasteiger charge is -2.32. The van der Waals surface area contributed by atoms with Crippen LogP contribution in [0.25, 0.3) is 0 Å². The molecule has 6 nitrogen and oxygen atoms in total. The maximum atomic E-state index is 12.2. The molecule has 1 aliphatic rings. The fourth-order valence-electron chi connectivity index (χ4n) is 2.59. The summed E-state index contributed by atoms with van der Waals surface area (Å²) in [6, 6.07) is 0. The van der Waals surface area contributed by atoms with E-state index in [0.717, 1.165) is 12.8 Å². The Hall–Kier alpha value is -1.14. The van der Waals surface area contributed by atoms with Crippen LogP contribution >= 0.6 is 0 Å². The summed E-state index contributed by atoms with van der Waals surface area (Å²) < 4.78 is 15.9. The van der Waals surface area contributed by atoms with Gasteiger partial charge in [0.1, 0.15) is 0 Å². The van der Waals surface area contributed by atoms with E-state index in [1.165, 1.54) is 6.92 Å². The molecule has 116 valence electrons. The molecule has 1 fully saturated rings. The number of ether oxygens (including phenoxy) is 3. The predicted octanol–water partition coefficient (Wildman–Crippen LogP) is 2.17. The Morgan fingerprint density at radius 3 is 2.05 bits per heavy atom. The van der Waals surface area contributed by atoms with Gasteiger partial charge >= 0.3 is 17.9 Å². The zero-order valence-corrected chi connectivity index (χ0v) is 12.4. The van der Waals surface area contributed by atoms with E-state index < -0.39 is 29.7 Å². The minimum absolute atomic E-state index is 0.330. The first-order chi connectivity index (χ1) is 9.43. The van der Waals surface area contributed by atoms with Gasteiger partial charge in [-0.15, -0.1) is 0 Å². The van der Waals surface area contributed by atoms with Crippen LogP contribution in [0, 0.1) is 11.8 Å². The number of carboxylic acid groups (broad SMARTS) is 1. The molecule has 2 atom stereocenters. The summed E-state index contributed by atoms with van der Waals surface area (Å²) in [5, 5.41) is 9.19. The minimum atomic E-state index is -1.44. The van der Waals surface area contributed by atoms with Crippen molar-refractivity contribution in [3.05, 3.63) is 0 Å². The first-order valence-electron chi connectivity index (χ1n) is 7.17. The van der Waals surface area contributed by atoms with Crippen LogP contribution in [0.1, 0.15) is 46.5 Å². The molecule has 2 unspecified atom stereocenters. The summed E-state index contributed by atoms with van der Waals surface area (Å²) >= 11 is 0. The van der Waals surface area contributed by atoms with Crippen LogP contribution in [-0.4, -0.2) is 36.2 Å². The van der Waals surface area contributed by atoms with E-state index in [1.54, 1.807) is 13.8 Å². The Labute approximate surface area is 119 Å². The molecular formula is C14H24O6. The Kier molecular flexibility index (Phi) is 6.42. The van der Waals surface area contributed by atoms with Gasteiger partial charge in [0.25, 0.3) is 0 Å². The molecule has 1 rings (SSSR count). The molecule has 0 aromatic heterocycles. The molecule has 6 heteroatoms. The highest BCUT2D eigenvalue weighted by Crippen LogP contribution is 2.32. The monoisotopic (exact) mass is 288 g/mol. The second-order valence-electron chi connectivity index (χ2n) is 4.99. The van der Waals surface area contributed by atoms with Crippen molar-refractivity contribution in [1.82, 2.24) is 0 Å². The summed E-state index contributed by atoms with van der Waals surface area (Å²) in [7, 11) is 0. The molecular weight excluding hydrogens is 264 g/mol. The normalized spacial score (nSPS) is 23.4. The van der Waals surface area contributed by atoms with Crippen LogP contribution in [0.5, 0.6) is 0 Å². The number of rotatable bonds is 7. The highest BCUT2D eigenvalue weighted by molar-refractivity contribution is 5.81. The molecule has 0 amide bonds. The van der Waals surface area contributed by atoms with E-state index in [1.807, 2.05) is 0 Å². The number of esters is 1. The second-order valence-corrected chi connectivity index (χ2v) is 4.99. The maximum absolute atomic E-state index is 12.2. The van der Waals surface area contributed by atoms with E-state index in [-0.39, 0.29) is 0 Å². The van der Waals surface area contributed by atoms with Gasteiger partial charge in [0.15, 0.2) is 0 Å². The van der Waals surface area contributed by atoms with Crippen molar-refractivity contribution in [3.63, 3.8) is 0 Å². The third-order valence-electron chi connectivity index (χ3n) is 3.48. The molecule has 0 heterocycles. The highest BCUT2D eigenvalue weighted by Gasteiger charge is 2.40. The molecule has 0 spiro atoms. The van der Waals surface area contributed by atoms with Crippen molar-refractivity contribution in [2.75, 3.05) is 13.2 Å². The molecule has 0 saturated heterocycles. The molecule has 1 saturated carbocycles. The van der Waals surface area contributed by atoms with Gasteiger partial charge in [-0.2, -0.15) is 0 Å². The topological polar surface area (TPSA) is 82.1 Å². The lowest BCUT2D eigenvalue weighted by Crippen LogP contribution is -2.42. The zero-order chi connectivity index (χ0) is 15.2. The molecule has 1 N–H and O–H groups in total. The molecule has 0 aliphatic heterocycles. The third-order valence-corrected chi connectivity index (χ3v) is 3.48. The third kappa shape index (κ3) is 4.45. The standard InChI is InChI=1S/C14H24O6/c1-4-18-14(3,19-5-2)20-13(17)11-9-7-6-8-10(11)12(15)16/h10-11H,4-9H2,1-3H3,(H,15,16). The first-order valence-corrected chi connectivity index (χ1v) is 7.17. The van der Waals surface area contributed by atoms with Crippen molar-refractivity contribution in [3.8, 4) is 0 Å². The van der Waals surface area contributed by atoms with Crippen LogP contribution in [0.2, 0.25) is 0 Å². The van der Waals surface area contributed by atoms with Gasteiger partial charge in [-0.05, 0) is 26.7 Å². The lowest BCUT2D eigenvalue weighted by atomic mass is 9.79. The highest BCUT2D eigenvalue weighted by atomic mass is 16.9. The minimum Gasteiger partial charge on any atom is -0.481 e. The molecule has 20 heavy (non-hydrogen) atoms. The summed E-state index contributed by atoms with van der Waals surface area (Å²) in [5.41, 5.74) is 0. The van der Waals surface area contributed by atoms with Crippen LogP contribution in [-0.2, 0) is 23.8 Å². The van der Waals surface area contributed by atoms with E-state index in [0.29, 0.717) is 26.1 Å². The summed E-state index contributed by atoms with van der Waals surface area (Å²) in [6.07, 6.45) is 2.71. The Morgan fingerprint density at radius 1 is 1.10 bits per heavy atom. The fraction of sp³-hybridized carbons (Fsp3) is 0.857. The predicted molar refractivity (Wildman–Crippen MR) is 70.8 cm³/mol. The average Bonchev–Trinajstić information content (AvgIpc) is 2.38. The van der Waals surface area contributed by atoms with Crippen molar-refractivity contribution >= 4 is 11.9 Å². The number of carbonyl (C=O) groups is 2. The van der Waals surface area contributed by atoms with E-state index in [9.17, 15) is 14.7 Å². The number of carbonyl (C=O) groups excluding carboxylic acids is 1. The summed E-state index contributed by atoms with van der Waals surface area (Å²) in [4.78, 5) is 23.4. The van der Waals surface area contributed by atoms with Gasteiger partial charge in [0, 0.05) is 6.92 Å². The smallest absolute Gasteiger partial charge is 0.326 e. The summed E-state index contributed by atoms with van der Waals surface area (Å²) in [5.74, 6) is -4.24. The molecule has 0 bridgehead atoms. The van der Waals surface area contributed by atoms with Gasteiger partial charge in [0.05, 0.1) is 25.0 Å². The zero-order valence-electron chi connectivity index (χ0n) is 12.4. The van der Waals surface area contributed by atoms with Crippen LogP contribution in [0.4, 0.5) is 0 Å². The largest absolute Gasteiger partial charge is 0.481 e. The van der Waals surface area contributed by atoms with Crippen molar-refractivity contribution in [2.45, 2.75) is 52.4 Å². The van der Waals surface area contributed by atoms with Crippen molar-refractivity contribution in [2.24, 2.45) is 11.8 Å². The van der Waals surface area contributed by atoms with Crippen molar-refractivity contribution < 1.29 is 28.9 Å². The number of hydrogen-bond donors (Lipinski definition) is 1. The van der Waals surface area contributed by atoms with E-state index in [4.69, 9.17) is 14.2 Å². The number of aliphatic carboxylic acids is 1. The Balaban J connectivity index is 2.73. The Morgan fingerprint density at radius 2 is 1.60 bits per heavy atom. The SMILES string of the molecule is CCOC(C)(OCC)OC(=O)C1CCCCC1C(=O)O. The average molecular weight is 288 g/mol. The lowest BCUT2D eigenvalue weighted by molar-refractivity contribution is -0.351. The number of hydrogen-bond acceptors (Lipinski definition) is 5.